The van der Waals surface area contributed by atoms with Crippen LogP contribution in [0.4, 0.5) is 5.69 Å². The van der Waals surface area contributed by atoms with Crippen LogP contribution in [-0.4, -0.2) is 34.8 Å². The van der Waals surface area contributed by atoms with Crippen molar-refractivity contribution < 1.29 is 18.8 Å². The van der Waals surface area contributed by atoms with Crippen molar-refractivity contribution in [1.82, 2.24) is 10.2 Å². The summed E-state index contributed by atoms with van der Waals surface area (Å²) in [6, 6.07) is 8.81. The molecule has 1 aromatic heterocycles. The van der Waals surface area contributed by atoms with E-state index in [2.05, 4.69) is 5.32 Å². The topological polar surface area (TPSA) is 82.9 Å². The van der Waals surface area contributed by atoms with Gasteiger partial charge in [0.2, 0.25) is 11.8 Å². The highest BCUT2D eigenvalue weighted by Crippen LogP contribution is 2.43. The Morgan fingerprint density at radius 1 is 1.27 bits per heavy atom. The van der Waals surface area contributed by atoms with E-state index >= 15 is 0 Å². The van der Waals surface area contributed by atoms with Crippen LogP contribution in [0.1, 0.15) is 35.7 Å². The average Bonchev–Trinajstić information content (AvgIpc) is 3.25. The Balaban J connectivity index is 1.60. The third kappa shape index (κ3) is 2.47. The number of hydrogen-bond donors (Lipinski definition) is 1. The minimum Gasteiger partial charge on any atom is -0.472 e. The molecule has 2 aliphatic rings. The van der Waals surface area contributed by atoms with Crippen LogP contribution in [0.5, 0.6) is 0 Å². The first kappa shape index (κ1) is 16.4. The number of nitrogens with zero attached hydrogens (tertiary/aromatic N) is 2. The van der Waals surface area contributed by atoms with E-state index < -0.39 is 5.66 Å². The molecule has 1 aromatic carbocycles. The van der Waals surface area contributed by atoms with Gasteiger partial charge in [0.25, 0.3) is 5.91 Å². The number of furan rings is 1. The van der Waals surface area contributed by atoms with Crippen molar-refractivity contribution in [3.8, 4) is 0 Å². The Kier molecular flexibility index (Phi) is 3.79. The Labute approximate surface area is 150 Å². The SMILES string of the molecule is CC12CCC(=O)N1c1ccccc1C(=O)N2CC(=O)NCc1ccoc1. The Morgan fingerprint density at radius 3 is 2.85 bits per heavy atom. The van der Waals surface area contributed by atoms with Gasteiger partial charge in [-0.05, 0) is 31.5 Å². The second-order valence-electron chi connectivity index (χ2n) is 6.76. The van der Waals surface area contributed by atoms with Gasteiger partial charge in [-0.1, -0.05) is 12.1 Å². The van der Waals surface area contributed by atoms with Gasteiger partial charge in [0.15, 0.2) is 0 Å². The lowest BCUT2D eigenvalue weighted by Crippen LogP contribution is -2.63. The van der Waals surface area contributed by atoms with Crippen LogP contribution >= 0.6 is 0 Å². The zero-order chi connectivity index (χ0) is 18.3. The number of fused-ring (bicyclic) bond motifs is 3. The van der Waals surface area contributed by atoms with E-state index in [4.69, 9.17) is 4.42 Å². The fourth-order valence-electron chi connectivity index (χ4n) is 3.73. The van der Waals surface area contributed by atoms with E-state index in [-0.39, 0.29) is 24.3 Å². The number of amides is 3. The standard InChI is InChI=1S/C19H19N3O4/c1-19-8-6-17(24)22(19)15-5-3-2-4-14(15)18(25)21(19)11-16(23)20-10-13-7-9-26-12-13/h2-5,7,9,12H,6,8,10-11H2,1H3,(H,20,23). The molecule has 2 aromatic rings. The van der Waals surface area contributed by atoms with Crippen molar-refractivity contribution in [3.05, 3.63) is 54.0 Å². The van der Waals surface area contributed by atoms with Crippen molar-refractivity contribution in [2.45, 2.75) is 32.0 Å². The Morgan fingerprint density at radius 2 is 2.08 bits per heavy atom. The number of hydrogen-bond acceptors (Lipinski definition) is 4. The van der Waals surface area contributed by atoms with Gasteiger partial charge in [-0.2, -0.15) is 0 Å². The van der Waals surface area contributed by atoms with E-state index in [9.17, 15) is 14.4 Å². The lowest BCUT2D eigenvalue weighted by Gasteiger charge is -2.48. The summed E-state index contributed by atoms with van der Waals surface area (Å²) in [5.74, 6) is -0.539. The van der Waals surface area contributed by atoms with Gasteiger partial charge in [0, 0.05) is 18.5 Å². The summed E-state index contributed by atoms with van der Waals surface area (Å²) in [7, 11) is 0. The first-order valence-electron chi connectivity index (χ1n) is 8.52. The molecule has 3 heterocycles. The van der Waals surface area contributed by atoms with Crippen LogP contribution in [0.2, 0.25) is 0 Å². The summed E-state index contributed by atoms with van der Waals surface area (Å²) in [6.07, 6.45) is 3.95. The highest BCUT2D eigenvalue weighted by molar-refractivity contribution is 6.11. The number of carbonyl (C=O) groups is 3. The highest BCUT2D eigenvalue weighted by Gasteiger charge is 2.53. The zero-order valence-electron chi connectivity index (χ0n) is 14.4. The molecular formula is C19H19N3O4. The molecular weight excluding hydrogens is 334 g/mol. The van der Waals surface area contributed by atoms with Crippen LogP contribution in [0.3, 0.4) is 0 Å². The molecule has 1 saturated heterocycles. The molecule has 1 fully saturated rings. The number of nitrogens with one attached hydrogen (secondary N) is 1. The maximum atomic E-state index is 13.0. The highest BCUT2D eigenvalue weighted by atomic mass is 16.3. The second kappa shape index (κ2) is 6.01. The summed E-state index contributed by atoms with van der Waals surface area (Å²) >= 11 is 0. The van der Waals surface area contributed by atoms with Gasteiger partial charge in [0.05, 0.1) is 23.8 Å². The van der Waals surface area contributed by atoms with Gasteiger partial charge in [0.1, 0.15) is 12.2 Å². The molecule has 1 N–H and O–H groups in total. The number of carbonyl (C=O) groups excluding carboxylic acids is 3. The van der Waals surface area contributed by atoms with E-state index in [0.29, 0.717) is 30.6 Å². The van der Waals surface area contributed by atoms with Gasteiger partial charge >= 0.3 is 0 Å². The third-order valence-electron chi connectivity index (χ3n) is 5.12. The first-order chi connectivity index (χ1) is 12.5. The molecule has 1 atom stereocenters. The molecule has 0 aliphatic carbocycles. The molecule has 7 heteroatoms. The van der Waals surface area contributed by atoms with Crippen molar-refractivity contribution in [2.75, 3.05) is 11.4 Å². The molecule has 26 heavy (non-hydrogen) atoms. The maximum Gasteiger partial charge on any atom is 0.258 e. The Hall–Kier alpha value is -3.09. The summed E-state index contributed by atoms with van der Waals surface area (Å²) in [6.45, 7) is 2.06. The lowest BCUT2D eigenvalue weighted by molar-refractivity contribution is -0.124. The molecule has 0 bridgehead atoms. The summed E-state index contributed by atoms with van der Waals surface area (Å²) in [4.78, 5) is 41.1. The second-order valence-corrected chi connectivity index (χ2v) is 6.76. The summed E-state index contributed by atoms with van der Waals surface area (Å²) < 4.78 is 4.98. The maximum absolute atomic E-state index is 13.0. The minimum absolute atomic E-state index is 0.0312. The van der Waals surface area contributed by atoms with Gasteiger partial charge in [-0.15, -0.1) is 0 Å². The monoisotopic (exact) mass is 353 g/mol. The quantitative estimate of drug-likeness (QED) is 0.910. The molecule has 2 aliphatic heterocycles. The van der Waals surface area contributed by atoms with E-state index in [0.717, 1.165) is 5.56 Å². The molecule has 134 valence electrons. The van der Waals surface area contributed by atoms with E-state index in [1.54, 1.807) is 35.4 Å². The first-order valence-corrected chi connectivity index (χ1v) is 8.52. The van der Waals surface area contributed by atoms with Crippen molar-refractivity contribution in [3.63, 3.8) is 0 Å². The molecule has 7 nitrogen and oxygen atoms in total. The van der Waals surface area contributed by atoms with Crippen molar-refractivity contribution in [2.24, 2.45) is 0 Å². The number of rotatable bonds is 4. The van der Waals surface area contributed by atoms with Crippen LogP contribution in [0.25, 0.3) is 0 Å². The number of anilines is 1. The predicted octanol–water partition coefficient (Wildman–Crippen LogP) is 1.89. The molecule has 4 rings (SSSR count). The van der Waals surface area contributed by atoms with Gasteiger partial charge < -0.3 is 14.6 Å². The number of para-hydroxylation sites is 1. The smallest absolute Gasteiger partial charge is 0.258 e. The van der Waals surface area contributed by atoms with Crippen molar-refractivity contribution >= 4 is 23.4 Å². The molecule has 0 saturated carbocycles. The van der Waals surface area contributed by atoms with Crippen LogP contribution in [0, 0.1) is 0 Å². The third-order valence-corrected chi connectivity index (χ3v) is 5.12. The average molecular weight is 353 g/mol. The fourth-order valence-corrected chi connectivity index (χ4v) is 3.73. The predicted molar refractivity (Wildman–Crippen MR) is 93.2 cm³/mol. The molecule has 0 radical (unpaired) electrons. The molecule has 1 unspecified atom stereocenters. The van der Waals surface area contributed by atoms with Gasteiger partial charge in [-0.3, -0.25) is 19.3 Å². The van der Waals surface area contributed by atoms with E-state index in [1.807, 2.05) is 13.0 Å². The zero-order valence-corrected chi connectivity index (χ0v) is 14.4. The van der Waals surface area contributed by atoms with Crippen LogP contribution in [0.15, 0.2) is 47.3 Å². The van der Waals surface area contributed by atoms with E-state index in [1.165, 1.54) is 11.2 Å². The van der Waals surface area contributed by atoms with Crippen LogP contribution in [-0.2, 0) is 16.1 Å². The minimum atomic E-state index is -0.824. The Bertz CT molecular complexity index is 877. The molecule has 3 amide bonds. The fraction of sp³-hybridized carbons (Fsp3) is 0.316. The lowest BCUT2D eigenvalue weighted by atomic mass is 9.98. The normalized spacial score (nSPS) is 21.6. The van der Waals surface area contributed by atoms with Crippen molar-refractivity contribution in [1.29, 1.82) is 0 Å². The number of benzene rings is 1. The summed E-state index contributed by atoms with van der Waals surface area (Å²) in [5, 5.41) is 2.79. The summed E-state index contributed by atoms with van der Waals surface area (Å²) in [5.41, 5.74) is 1.09. The van der Waals surface area contributed by atoms with Gasteiger partial charge in [-0.25, -0.2) is 0 Å². The largest absolute Gasteiger partial charge is 0.472 e. The van der Waals surface area contributed by atoms with Crippen LogP contribution < -0.4 is 10.2 Å². The molecule has 0 spiro atoms.